The average molecular weight is 239 g/mol. The molecule has 1 aromatic heterocycles. The maximum atomic E-state index is 5.20. The molecule has 16 heavy (non-hydrogen) atoms. The second kappa shape index (κ2) is 5.69. The molecule has 1 saturated carbocycles. The summed E-state index contributed by atoms with van der Waals surface area (Å²) in [5, 5.41) is 4.69. The van der Waals surface area contributed by atoms with Gasteiger partial charge in [-0.1, -0.05) is 19.8 Å². The third kappa shape index (κ3) is 2.98. The largest absolute Gasteiger partial charge is 0.487 e. The van der Waals surface area contributed by atoms with E-state index in [1.807, 2.05) is 6.07 Å². The van der Waals surface area contributed by atoms with Crippen LogP contribution in [0.1, 0.15) is 37.5 Å². The highest BCUT2D eigenvalue weighted by Gasteiger charge is 2.20. The van der Waals surface area contributed by atoms with E-state index < -0.39 is 0 Å². The summed E-state index contributed by atoms with van der Waals surface area (Å²) in [5.41, 5.74) is 0. The molecular weight excluding hydrogens is 218 g/mol. The molecule has 2 rings (SSSR count). The summed E-state index contributed by atoms with van der Waals surface area (Å²) < 4.78 is 5.20. The number of methoxy groups -OCH3 is 1. The summed E-state index contributed by atoms with van der Waals surface area (Å²) in [5.74, 6) is 0.829. The first-order valence-corrected chi connectivity index (χ1v) is 6.97. The van der Waals surface area contributed by atoms with Crippen LogP contribution in [0.25, 0.3) is 0 Å². The van der Waals surface area contributed by atoms with Crippen molar-refractivity contribution in [2.75, 3.05) is 7.11 Å². The second-order valence-corrected chi connectivity index (χ2v) is 5.80. The Morgan fingerprint density at radius 2 is 2.19 bits per heavy atom. The first-order valence-electron chi connectivity index (χ1n) is 6.15. The molecular formula is C13H21NOS. The minimum atomic E-state index is 0.710. The maximum absolute atomic E-state index is 5.20. The van der Waals surface area contributed by atoms with Crippen molar-refractivity contribution >= 4 is 11.3 Å². The van der Waals surface area contributed by atoms with Crippen molar-refractivity contribution < 1.29 is 4.74 Å². The number of ether oxygens (including phenoxy) is 1. The molecule has 1 fully saturated rings. The van der Waals surface area contributed by atoms with Crippen molar-refractivity contribution in [1.82, 2.24) is 5.32 Å². The third-order valence-corrected chi connectivity index (χ3v) is 4.53. The SMILES string of the molecule is COc1ccc(CNC2CCCCC2C)s1. The van der Waals surface area contributed by atoms with Gasteiger partial charge in [0.15, 0.2) is 5.06 Å². The Balaban J connectivity index is 1.81. The molecule has 0 bridgehead atoms. The molecule has 90 valence electrons. The van der Waals surface area contributed by atoms with Crippen molar-refractivity contribution in [1.29, 1.82) is 0 Å². The zero-order chi connectivity index (χ0) is 11.4. The summed E-state index contributed by atoms with van der Waals surface area (Å²) >= 11 is 1.74. The standard InChI is InChI=1S/C13H21NOS/c1-10-5-3-4-6-12(10)14-9-11-7-8-13(15-2)16-11/h7-8,10,12,14H,3-6,9H2,1-2H3. The fourth-order valence-electron chi connectivity index (χ4n) is 2.41. The van der Waals surface area contributed by atoms with Crippen molar-refractivity contribution in [3.63, 3.8) is 0 Å². The van der Waals surface area contributed by atoms with Crippen LogP contribution in [0.2, 0.25) is 0 Å². The van der Waals surface area contributed by atoms with E-state index >= 15 is 0 Å². The van der Waals surface area contributed by atoms with Crippen LogP contribution in [-0.2, 0) is 6.54 Å². The minimum absolute atomic E-state index is 0.710. The molecule has 0 amide bonds. The van der Waals surface area contributed by atoms with Crippen LogP contribution in [0, 0.1) is 5.92 Å². The fraction of sp³-hybridized carbons (Fsp3) is 0.692. The Hall–Kier alpha value is -0.540. The molecule has 1 aliphatic rings. The lowest BCUT2D eigenvalue weighted by molar-refractivity contribution is 0.280. The molecule has 0 spiro atoms. The Kier molecular flexibility index (Phi) is 4.24. The number of nitrogens with one attached hydrogen (secondary N) is 1. The Bertz CT molecular complexity index is 323. The molecule has 0 saturated heterocycles. The van der Waals surface area contributed by atoms with Gasteiger partial charge in [0.25, 0.3) is 0 Å². The summed E-state index contributed by atoms with van der Waals surface area (Å²) in [4.78, 5) is 1.37. The normalized spacial score (nSPS) is 25.6. The van der Waals surface area contributed by atoms with Gasteiger partial charge in [-0.05, 0) is 30.9 Å². The Morgan fingerprint density at radius 3 is 2.88 bits per heavy atom. The Morgan fingerprint density at radius 1 is 1.38 bits per heavy atom. The van der Waals surface area contributed by atoms with Gasteiger partial charge in [0, 0.05) is 17.5 Å². The molecule has 0 aliphatic heterocycles. The summed E-state index contributed by atoms with van der Waals surface area (Å²) in [6, 6.07) is 4.91. The van der Waals surface area contributed by atoms with Gasteiger partial charge in [-0.25, -0.2) is 0 Å². The summed E-state index contributed by atoms with van der Waals surface area (Å²) in [7, 11) is 1.73. The van der Waals surface area contributed by atoms with E-state index in [0.717, 1.165) is 17.5 Å². The smallest absolute Gasteiger partial charge is 0.173 e. The van der Waals surface area contributed by atoms with Crippen LogP contribution in [-0.4, -0.2) is 13.2 Å². The van der Waals surface area contributed by atoms with Crippen molar-refractivity contribution in [3.05, 3.63) is 17.0 Å². The van der Waals surface area contributed by atoms with Crippen molar-refractivity contribution in [2.45, 2.75) is 45.2 Å². The molecule has 1 heterocycles. The highest BCUT2D eigenvalue weighted by molar-refractivity contribution is 7.13. The third-order valence-electron chi connectivity index (χ3n) is 3.49. The predicted molar refractivity (Wildman–Crippen MR) is 69.1 cm³/mol. The molecule has 1 aliphatic carbocycles. The van der Waals surface area contributed by atoms with E-state index in [1.165, 1.54) is 30.6 Å². The maximum Gasteiger partial charge on any atom is 0.173 e. The van der Waals surface area contributed by atoms with Gasteiger partial charge < -0.3 is 10.1 Å². The van der Waals surface area contributed by atoms with Crippen LogP contribution in [0.3, 0.4) is 0 Å². The van der Waals surface area contributed by atoms with Crippen LogP contribution in [0.5, 0.6) is 5.06 Å². The van der Waals surface area contributed by atoms with Gasteiger partial charge in [0.1, 0.15) is 0 Å². The van der Waals surface area contributed by atoms with Gasteiger partial charge in [-0.3, -0.25) is 0 Å². The average Bonchev–Trinajstić information content (AvgIpc) is 2.76. The van der Waals surface area contributed by atoms with Crippen molar-refractivity contribution in [3.8, 4) is 5.06 Å². The zero-order valence-corrected chi connectivity index (χ0v) is 11.0. The number of hydrogen-bond donors (Lipinski definition) is 1. The molecule has 2 atom stereocenters. The fourth-order valence-corrected chi connectivity index (χ4v) is 3.18. The van der Waals surface area contributed by atoms with Gasteiger partial charge in [0.05, 0.1) is 7.11 Å². The van der Waals surface area contributed by atoms with Crippen molar-refractivity contribution in [2.24, 2.45) is 5.92 Å². The summed E-state index contributed by atoms with van der Waals surface area (Å²) in [6.07, 6.45) is 5.51. The predicted octanol–water partition coefficient (Wildman–Crippen LogP) is 3.43. The van der Waals surface area contributed by atoms with Gasteiger partial charge in [-0.2, -0.15) is 0 Å². The molecule has 0 aromatic carbocycles. The van der Waals surface area contributed by atoms with E-state index in [1.54, 1.807) is 18.4 Å². The summed E-state index contributed by atoms with van der Waals surface area (Å²) in [6.45, 7) is 3.36. The topological polar surface area (TPSA) is 21.3 Å². The quantitative estimate of drug-likeness (QED) is 0.869. The van der Waals surface area contributed by atoms with Crippen LogP contribution in [0.4, 0.5) is 0 Å². The molecule has 0 radical (unpaired) electrons. The highest BCUT2D eigenvalue weighted by atomic mass is 32.1. The van der Waals surface area contributed by atoms with Gasteiger partial charge in [-0.15, -0.1) is 11.3 Å². The molecule has 1 N–H and O–H groups in total. The first-order chi connectivity index (χ1) is 7.79. The highest BCUT2D eigenvalue weighted by Crippen LogP contribution is 2.26. The van der Waals surface area contributed by atoms with E-state index in [2.05, 4.69) is 18.3 Å². The first kappa shape index (κ1) is 11.9. The van der Waals surface area contributed by atoms with E-state index in [0.29, 0.717) is 6.04 Å². The minimum Gasteiger partial charge on any atom is -0.487 e. The molecule has 2 unspecified atom stereocenters. The number of hydrogen-bond acceptors (Lipinski definition) is 3. The van der Waals surface area contributed by atoms with E-state index in [9.17, 15) is 0 Å². The second-order valence-electron chi connectivity index (χ2n) is 4.67. The van der Waals surface area contributed by atoms with Gasteiger partial charge >= 0.3 is 0 Å². The van der Waals surface area contributed by atoms with Crippen LogP contribution >= 0.6 is 11.3 Å². The number of rotatable bonds is 4. The van der Waals surface area contributed by atoms with E-state index in [4.69, 9.17) is 4.74 Å². The lowest BCUT2D eigenvalue weighted by atomic mass is 9.86. The molecule has 1 aromatic rings. The molecule has 3 heteroatoms. The lowest BCUT2D eigenvalue weighted by Crippen LogP contribution is -2.36. The van der Waals surface area contributed by atoms with Crippen LogP contribution in [0.15, 0.2) is 12.1 Å². The van der Waals surface area contributed by atoms with E-state index in [-0.39, 0.29) is 0 Å². The number of thiophene rings is 1. The van der Waals surface area contributed by atoms with Crippen LogP contribution < -0.4 is 10.1 Å². The lowest BCUT2D eigenvalue weighted by Gasteiger charge is -2.29. The van der Waals surface area contributed by atoms with Gasteiger partial charge in [0.2, 0.25) is 0 Å². The zero-order valence-electron chi connectivity index (χ0n) is 10.2. The monoisotopic (exact) mass is 239 g/mol. The molecule has 2 nitrogen and oxygen atoms in total. The Labute approximate surface area is 102 Å².